The molecule has 15 heavy (non-hydrogen) atoms. The summed E-state index contributed by atoms with van der Waals surface area (Å²) >= 11 is 0. The summed E-state index contributed by atoms with van der Waals surface area (Å²) in [5, 5.41) is 8.79. The van der Waals surface area contributed by atoms with Crippen LogP contribution in [0.3, 0.4) is 0 Å². The Morgan fingerprint density at radius 1 is 1.13 bits per heavy atom. The van der Waals surface area contributed by atoms with Crippen LogP contribution < -0.4 is 5.73 Å². The number of piperidine rings is 1. The lowest BCUT2D eigenvalue weighted by atomic mass is 9.98. The molecule has 0 aromatic carbocycles. The number of hydrogen-bond acceptors (Lipinski definition) is 3. The molecule has 0 spiro atoms. The molecule has 3 nitrogen and oxygen atoms in total. The SMILES string of the molecule is Cl.Cl.NC1CC2CCC(C1)N2CCCO. The number of fused-ring (bicyclic) bond motifs is 2. The first-order valence-corrected chi connectivity index (χ1v) is 5.43. The monoisotopic (exact) mass is 256 g/mol. The topological polar surface area (TPSA) is 49.5 Å². The standard InChI is InChI=1S/C10H20N2O.2ClH/c11-8-6-9-2-3-10(7-8)12(9)4-1-5-13;;/h8-10,13H,1-7,11H2;2*1H. The van der Waals surface area contributed by atoms with Crippen LogP contribution in [0.5, 0.6) is 0 Å². The van der Waals surface area contributed by atoms with E-state index in [2.05, 4.69) is 4.90 Å². The highest BCUT2D eigenvalue weighted by molar-refractivity contribution is 5.85. The molecule has 2 atom stereocenters. The minimum atomic E-state index is 0. The Morgan fingerprint density at radius 3 is 2.13 bits per heavy atom. The average molecular weight is 257 g/mol. The highest BCUT2D eigenvalue weighted by atomic mass is 35.5. The lowest BCUT2D eigenvalue weighted by molar-refractivity contribution is 0.117. The predicted octanol–water partition coefficient (Wildman–Crippen LogP) is 1.17. The molecule has 2 bridgehead atoms. The molecule has 0 aromatic heterocycles. The second-order valence-electron chi connectivity index (χ2n) is 4.43. The molecule has 2 unspecified atom stereocenters. The minimum absolute atomic E-state index is 0. The third kappa shape index (κ3) is 3.46. The van der Waals surface area contributed by atoms with Gasteiger partial charge in [-0.3, -0.25) is 4.90 Å². The molecule has 0 saturated carbocycles. The second kappa shape index (κ2) is 6.92. The third-order valence-electron chi connectivity index (χ3n) is 3.50. The Hall–Kier alpha value is 0.460. The van der Waals surface area contributed by atoms with Crippen LogP contribution >= 0.6 is 24.8 Å². The molecule has 0 aromatic rings. The zero-order valence-corrected chi connectivity index (χ0v) is 10.6. The maximum absolute atomic E-state index is 8.79. The van der Waals surface area contributed by atoms with Gasteiger partial charge in [-0.2, -0.15) is 0 Å². The fraction of sp³-hybridized carbons (Fsp3) is 1.00. The number of rotatable bonds is 3. The number of nitrogens with zero attached hydrogens (tertiary/aromatic N) is 1. The van der Waals surface area contributed by atoms with E-state index in [-0.39, 0.29) is 24.8 Å². The molecule has 0 radical (unpaired) electrons. The Balaban J connectivity index is 0.000000980. The normalized spacial score (nSPS) is 34.4. The second-order valence-corrected chi connectivity index (χ2v) is 4.43. The summed E-state index contributed by atoms with van der Waals surface area (Å²) in [7, 11) is 0. The van der Waals surface area contributed by atoms with Crippen molar-refractivity contribution in [3.63, 3.8) is 0 Å². The summed E-state index contributed by atoms with van der Waals surface area (Å²) < 4.78 is 0. The third-order valence-corrected chi connectivity index (χ3v) is 3.50. The Labute approximate surface area is 104 Å². The summed E-state index contributed by atoms with van der Waals surface area (Å²) in [6.07, 6.45) is 5.90. The lowest BCUT2D eigenvalue weighted by Crippen LogP contribution is -2.47. The van der Waals surface area contributed by atoms with Crippen molar-refractivity contribution < 1.29 is 5.11 Å². The van der Waals surface area contributed by atoms with E-state index in [1.54, 1.807) is 0 Å². The Morgan fingerprint density at radius 2 is 1.67 bits per heavy atom. The van der Waals surface area contributed by atoms with Crippen LogP contribution in [0.4, 0.5) is 0 Å². The van der Waals surface area contributed by atoms with Gasteiger partial charge in [-0.1, -0.05) is 0 Å². The number of halogens is 2. The van der Waals surface area contributed by atoms with E-state index in [9.17, 15) is 0 Å². The van der Waals surface area contributed by atoms with Crippen molar-refractivity contribution >= 4 is 24.8 Å². The van der Waals surface area contributed by atoms with Gasteiger partial charge in [-0.25, -0.2) is 0 Å². The van der Waals surface area contributed by atoms with Crippen LogP contribution in [0, 0.1) is 0 Å². The number of hydrogen-bond donors (Lipinski definition) is 2. The van der Waals surface area contributed by atoms with Gasteiger partial charge in [0.2, 0.25) is 0 Å². The van der Waals surface area contributed by atoms with Crippen LogP contribution in [0.2, 0.25) is 0 Å². The molecule has 2 rings (SSSR count). The molecule has 2 aliphatic heterocycles. The van der Waals surface area contributed by atoms with E-state index < -0.39 is 0 Å². The maximum Gasteiger partial charge on any atom is 0.0443 e. The maximum atomic E-state index is 8.79. The van der Waals surface area contributed by atoms with Crippen LogP contribution in [0.25, 0.3) is 0 Å². The van der Waals surface area contributed by atoms with Gasteiger partial charge in [0.05, 0.1) is 0 Å². The largest absolute Gasteiger partial charge is 0.396 e. The summed E-state index contributed by atoms with van der Waals surface area (Å²) in [5.74, 6) is 0. The van der Waals surface area contributed by atoms with Crippen LogP contribution in [-0.4, -0.2) is 41.3 Å². The summed E-state index contributed by atoms with van der Waals surface area (Å²) in [5.41, 5.74) is 5.97. The molecule has 2 fully saturated rings. The number of aliphatic hydroxyl groups excluding tert-OH is 1. The Kier molecular flexibility index (Phi) is 7.13. The van der Waals surface area contributed by atoms with E-state index in [1.807, 2.05) is 0 Å². The molecule has 2 saturated heterocycles. The molecule has 5 heteroatoms. The van der Waals surface area contributed by atoms with Crippen molar-refractivity contribution in [2.24, 2.45) is 5.73 Å². The van der Waals surface area contributed by atoms with Crippen molar-refractivity contribution in [2.45, 2.75) is 50.2 Å². The van der Waals surface area contributed by atoms with E-state index in [4.69, 9.17) is 10.8 Å². The van der Waals surface area contributed by atoms with Crippen molar-refractivity contribution in [1.29, 1.82) is 0 Å². The first-order valence-electron chi connectivity index (χ1n) is 5.43. The van der Waals surface area contributed by atoms with Crippen LogP contribution in [-0.2, 0) is 0 Å². The zero-order chi connectivity index (χ0) is 9.26. The molecule has 92 valence electrons. The molecule has 2 heterocycles. The van der Waals surface area contributed by atoms with Gasteiger partial charge < -0.3 is 10.8 Å². The van der Waals surface area contributed by atoms with Crippen molar-refractivity contribution in [1.82, 2.24) is 4.90 Å². The molecule has 0 aliphatic carbocycles. The minimum Gasteiger partial charge on any atom is -0.396 e. The first kappa shape index (κ1) is 15.5. The quantitative estimate of drug-likeness (QED) is 0.797. The fourth-order valence-corrected chi connectivity index (χ4v) is 2.93. The van der Waals surface area contributed by atoms with Gasteiger partial charge in [0.15, 0.2) is 0 Å². The summed E-state index contributed by atoms with van der Waals surface area (Å²) in [4.78, 5) is 2.57. The van der Waals surface area contributed by atoms with E-state index in [0.29, 0.717) is 12.6 Å². The van der Waals surface area contributed by atoms with Gasteiger partial charge in [-0.15, -0.1) is 24.8 Å². The molecular weight excluding hydrogens is 235 g/mol. The molecule has 3 N–H and O–H groups in total. The predicted molar refractivity (Wildman–Crippen MR) is 66.9 cm³/mol. The zero-order valence-electron chi connectivity index (χ0n) is 8.97. The van der Waals surface area contributed by atoms with Crippen molar-refractivity contribution in [3.05, 3.63) is 0 Å². The van der Waals surface area contributed by atoms with E-state index in [0.717, 1.165) is 25.0 Å². The number of nitrogens with two attached hydrogens (primary N) is 1. The average Bonchev–Trinajstić information content (AvgIpc) is 2.33. The van der Waals surface area contributed by atoms with Crippen LogP contribution in [0.1, 0.15) is 32.1 Å². The molecule has 2 aliphatic rings. The molecular formula is C10H22Cl2N2O. The highest BCUT2D eigenvalue weighted by Crippen LogP contribution is 2.34. The van der Waals surface area contributed by atoms with Gasteiger partial charge in [-0.05, 0) is 32.1 Å². The van der Waals surface area contributed by atoms with Crippen LogP contribution in [0.15, 0.2) is 0 Å². The smallest absolute Gasteiger partial charge is 0.0443 e. The van der Waals surface area contributed by atoms with Gasteiger partial charge in [0, 0.05) is 31.3 Å². The van der Waals surface area contributed by atoms with E-state index >= 15 is 0 Å². The Bertz CT molecular complexity index is 169. The first-order chi connectivity index (χ1) is 6.31. The summed E-state index contributed by atoms with van der Waals surface area (Å²) in [6.45, 7) is 1.39. The highest BCUT2D eigenvalue weighted by Gasteiger charge is 2.38. The van der Waals surface area contributed by atoms with Crippen molar-refractivity contribution in [3.8, 4) is 0 Å². The van der Waals surface area contributed by atoms with Gasteiger partial charge >= 0.3 is 0 Å². The van der Waals surface area contributed by atoms with Gasteiger partial charge in [0.1, 0.15) is 0 Å². The van der Waals surface area contributed by atoms with E-state index in [1.165, 1.54) is 25.7 Å². The molecule has 0 amide bonds. The van der Waals surface area contributed by atoms with Crippen molar-refractivity contribution in [2.75, 3.05) is 13.2 Å². The van der Waals surface area contributed by atoms with Gasteiger partial charge in [0.25, 0.3) is 0 Å². The summed E-state index contributed by atoms with van der Waals surface area (Å²) in [6, 6.07) is 1.88. The number of aliphatic hydroxyl groups is 1. The lowest BCUT2D eigenvalue weighted by Gasteiger charge is -2.37. The fourth-order valence-electron chi connectivity index (χ4n) is 2.93.